The summed E-state index contributed by atoms with van der Waals surface area (Å²) in [5.74, 6) is -0.190. The van der Waals surface area contributed by atoms with Crippen molar-refractivity contribution >= 4 is 17.5 Å². The van der Waals surface area contributed by atoms with Crippen LogP contribution in [0.1, 0.15) is 29.0 Å². The number of benzene rings is 2. The summed E-state index contributed by atoms with van der Waals surface area (Å²) in [5, 5.41) is 8.41. The van der Waals surface area contributed by atoms with E-state index in [0.717, 1.165) is 22.6 Å². The Kier molecular flexibility index (Phi) is 5.23. The molecule has 4 rings (SSSR count). The normalized spacial score (nSPS) is 12.0. The second-order valence-electron chi connectivity index (χ2n) is 6.91. The van der Waals surface area contributed by atoms with Crippen molar-refractivity contribution in [3.05, 3.63) is 95.3 Å². The van der Waals surface area contributed by atoms with Gasteiger partial charge in [-0.2, -0.15) is 5.10 Å². The Morgan fingerprint density at radius 3 is 2.41 bits per heavy atom. The number of aryl methyl sites for hydroxylation is 1. The molecule has 5 nitrogen and oxygen atoms in total. The van der Waals surface area contributed by atoms with Crippen LogP contribution in [0.4, 0.5) is 0 Å². The molecule has 2 aromatic heterocycles. The number of nitrogens with one attached hydrogen (secondary N) is 1. The molecule has 0 bridgehead atoms. The van der Waals surface area contributed by atoms with Crippen LogP contribution in [0.3, 0.4) is 0 Å². The lowest BCUT2D eigenvalue weighted by atomic mass is 10.1. The van der Waals surface area contributed by atoms with Crippen molar-refractivity contribution in [1.82, 2.24) is 19.7 Å². The zero-order valence-corrected chi connectivity index (χ0v) is 17.0. The number of aromatic nitrogens is 3. The van der Waals surface area contributed by atoms with Gasteiger partial charge >= 0.3 is 0 Å². The Balaban J connectivity index is 1.72. The highest BCUT2D eigenvalue weighted by Gasteiger charge is 2.20. The van der Waals surface area contributed by atoms with E-state index in [1.165, 1.54) is 0 Å². The van der Waals surface area contributed by atoms with Crippen LogP contribution in [-0.2, 0) is 7.05 Å². The summed E-state index contributed by atoms with van der Waals surface area (Å²) >= 11 is 6.03. The van der Waals surface area contributed by atoms with Crippen LogP contribution >= 0.6 is 11.6 Å². The molecule has 1 atom stereocenters. The largest absolute Gasteiger partial charge is 0.349 e. The monoisotopic (exact) mass is 404 g/mol. The van der Waals surface area contributed by atoms with Crippen LogP contribution in [-0.4, -0.2) is 20.3 Å². The number of hydrogen-bond donors (Lipinski definition) is 1. The topological polar surface area (TPSA) is 51.9 Å². The van der Waals surface area contributed by atoms with E-state index in [9.17, 15) is 4.79 Å². The van der Waals surface area contributed by atoms with E-state index in [-0.39, 0.29) is 11.9 Å². The van der Waals surface area contributed by atoms with Gasteiger partial charge in [0.2, 0.25) is 0 Å². The maximum Gasteiger partial charge on any atom is 0.270 e. The molecule has 6 heteroatoms. The van der Waals surface area contributed by atoms with Gasteiger partial charge in [-0.3, -0.25) is 4.79 Å². The van der Waals surface area contributed by atoms with Gasteiger partial charge in [-0.05, 0) is 55.0 Å². The Morgan fingerprint density at radius 1 is 1.03 bits per heavy atom. The molecular formula is C23H21ClN4O. The molecular weight excluding hydrogens is 384 g/mol. The predicted molar refractivity (Wildman–Crippen MR) is 115 cm³/mol. The van der Waals surface area contributed by atoms with Gasteiger partial charge in [0.25, 0.3) is 5.91 Å². The third-order valence-corrected chi connectivity index (χ3v) is 5.12. The van der Waals surface area contributed by atoms with Crippen LogP contribution < -0.4 is 5.32 Å². The maximum atomic E-state index is 13.2. The molecule has 29 heavy (non-hydrogen) atoms. The standard InChI is InChI=1S/C23H21ClN4O/c1-16(17-7-4-3-5-8-17)25-23(29)22-15-20(21-9-6-14-27(21)2)26-28(22)19-12-10-18(24)11-13-19/h3-16H,1-2H3,(H,25,29). The average Bonchev–Trinajstić information content (AvgIpc) is 3.35. The fraction of sp³-hybridized carbons (Fsp3) is 0.130. The molecule has 0 saturated heterocycles. The molecule has 1 N–H and O–H groups in total. The first kappa shape index (κ1) is 19.0. The number of amides is 1. The molecule has 0 saturated carbocycles. The van der Waals surface area contributed by atoms with E-state index in [0.29, 0.717) is 10.7 Å². The lowest BCUT2D eigenvalue weighted by molar-refractivity contribution is 0.0932. The highest BCUT2D eigenvalue weighted by atomic mass is 35.5. The number of carbonyl (C=O) groups excluding carboxylic acids is 1. The van der Waals surface area contributed by atoms with Crippen LogP contribution in [0.15, 0.2) is 79.0 Å². The first-order valence-corrected chi connectivity index (χ1v) is 9.74. The molecule has 1 amide bonds. The van der Waals surface area contributed by atoms with E-state index in [2.05, 4.69) is 5.32 Å². The summed E-state index contributed by atoms with van der Waals surface area (Å²) in [6.45, 7) is 1.97. The van der Waals surface area contributed by atoms with Gasteiger partial charge in [-0.1, -0.05) is 41.9 Å². The van der Waals surface area contributed by atoms with Crippen molar-refractivity contribution < 1.29 is 4.79 Å². The minimum absolute atomic E-state index is 0.129. The zero-order valence-electron chi connectivity index (χ0n) is 16.2. The second-order valence-corrected chi connectivity index (χ2v) is 7.35. The number of hydrogen-bond acceptors (Lipinski definition) is 2. The van der Waals surface area contributed by atoms with Crippen molar-refractivity contribution in [2.75, 3.05) is 0 Å². The maximum absolute atomic E-state index is 13.2. The quantitative estimate of drug-likeness (QED) is 0.507. The number of halogens is 1. The Labute approximate surface area is 174 Å². The summed E-state index contributed by atoms with van der Waals surface area (Å²) in [4.78, 5) is 13.2. The van der Waals surface area contributed by atoms with Crippen LogP contribution in [0, 0.1) is 0 Å². The van der Waals surface area contributed by atoms with Gasteiger partial charge in [0.05, 0.1) is 17.4 Å². The van der Waals surface area contributed by atoms with E-state index in [1.807, 2.05) is 85.4 Å². The van der Waals surface area contributed by atoms with Gasteiger partial charge in [0.15, 0.2) is 0 Å². The third-order valence-electron chi connectivity index (χ3n) is 4.87. The van der Waals surface area contributed by atoms with Crippen molar-refractivity contribution in [3.63, 3.8) is 0 Å². The second kappa shape index (κ2) is 7.97. The molecule has 146 valence electrons. The number of rotatable bonds is 5. The molecule has 2 aromatic carbocycles. The molecule has 0 fully saturated rings. The molecule has 2 heterocycles. The van der Waals surface area contributed by atoms with Gasteiger partial charge < -0.3 is 9.88 Å². The molecule has 1 unspecified atom stereocenters. The summed E-state index contributed by atoms with van der Waals surface area (Å²) in [6.07, 6.45) is 1.95. The van der Waals surface area contributed by atoms with Crippen LogP contribution in [0.25, 0.3) is 17.1 Å². The van der Waals surface area contributed by atoms with Crippen LogP contribution in [0.5, 0.6) is 0 Å². The van der Waals surface area contributed by atoms with E-state index >= 15 is 0 Å². The average molecular weight is 405 g/mol. The van der Waals surface area contributed by atoms with E-state index in [4.69, 9.17) is 16.7 Å². The van der Waals surface area contributed by atoms with Crippen molar-refractivity contribution in [2.24, 2.45) is 7.05 Å². The summed E-state index contributed by atoms with van der Waals surface area (Å²) in [5.41, 5.74) is 3.94. The smallest absolute Gasteiger partial charge is 0.270 e. The molecule has 0 radical (unpaired) electrons. The van der Waals surface area contributed by atoms with E-state index in [1.54, 1.807) is 16.8 Å². The molecule has 0 aliphatic heterocycles. The Bertz CT molecular complexity index is 1130. The lowest BCUT2D eigenvalue weighted by Gasteiger charge is -2.15. The Morgan fingerprint density at radius 2 is 1.76 bits per heavy atom. The van der Waals surface area contributed by atoms with Crippen molar-refractivity contribution in [3.8, 4) is 17.1 Å². The first-order chi connectivity index (χ1) is 14.0. The van der Waals surface area contributed by atoms with Gasteiger partial charge in [0, 0.05) is 18.3 Å². The predicted octanol–water partition coefficient (Wildman–Crippen LogP) is 5.02. The SMILES string of the molecule is CC(NC(=O)c1cc(-c2cccn2C)nn1-c1ccc(Cl)cc1)c1ccccc1. The summed E-state index contributed by atoms with van der Waals surface area (Å²) in [7, 11) is 1.95. The van der Waals surface area contributed by atoms with Crippen molar-refractivity contribution in [2.45, 2.75) is 13.0 Å². The minimum atomic E-state index is -0.190. The first-order valence-electron chi connectivity index (χ1n) is 9.36. The van der Waals surface area contributed by atoms with Gasteiger partial charge in [-0.15, -0.1) is 0 Å². The molecule has 0 aliphatic carbocycles. The number of nitrogens with zero attached hydrogens (tertiary/aromatic N) is 3. The fourth-order valence-electron chi connectivity index (χ4n) is 3.27. The molecule has 4 aromatic rings. The third kappa shape index (κ3) is 3.96. The fourth-order valence-corrected chi connectivity index (χ4v) is 3.40. The zero-order chi connectivity index (χ0) is 20.4. The summed E-state index contributed by atoms with van der Waals surface area (Å²) < 4.78 is 3.63. The van der Waals surface area contributed by atoms with E-state index < -0.39 is 0 Å². The highest BCUT2D eigenvalue weighted by molar-refractivity contribution is 6.30. The minimum Gasteiger partial charge on any atom is -0.349 e. The van der Waals surface area contributed by atoms with Gasteiger partial charge in [-0.25, -0.2) is 4.68 Å². The Hall–Kier alpha value is -3.31. The van der Waals surface area contributed by atoms with Gasteiger partial charge in [0.1, 0.15) is 11.4 Å². The highest BCUT2D eigenvalue weighted by Crippen LogP contribution is 2.23. The molecule has 0 aliphatic rings. The molecule has 0 spiro atoms. The van der Waals surface area contributed by atoms with Crippen LogP contribution in [0.2, 0.25) is 5.02 Å². The van der Waals surface area contributed by atoms with Crippen molar-refractivity contribution in [1.29, 1.82) is 0 Å². The summed E-state index contributed by atoms with van der Waals surface area (Å²) in [6, 6.07) is 22.8. The lowest BCUT2D eigenvalue weighted by Crippen LogP contribution is -2.28. The number of carbonyl (C=O) groups is 1.